The number of hydrogen-bond acceptors (Lipinski definition) is 7. The highest BCUT2D eigenvalue weighted by molar-refractivity contribution is 5.94. The van der Waals surface area contributed by atoms with Crippen LogP contribution in [-0.4, -0.2) is 67.3 Å². The lowest BCUT2D eigenvalue weighted by Gasteiger charge is -2.35. The molecule has 2 unspecified atom stereocenters. The van der Waals surface area contributed by atoms with Crippen LogP contribution < -0.4 is 10.6 Å². The van der Waals surface area contributed by atoms with Crippen LogP contribution in [0.5, 0.6) is 0 Å². The Morgan fingerprint density at radius 3 is 3.00 bits per heavy atom. The van der Waals surface area contributed by atoms with E-state index in [0.717, 1.165) is 4.68 Å². The quantitative estimate of drug-likeness (QED) is 0.464. The van der Waals surface area contributed by atoms with Gasteiger partial charge in [-0.05, 0) is 12.5 Å². The van der Waals surface area contributed by atoms with Crippen molar-refractivity contribution in [3.63, 3.8) is 0 Å². The summed E-state index contributed by atoms with van der Waals surface area (Å²) in [4.78, 5) is 25.0. The van der Waals surface area contributed by atoms with Gasteiger partial charge < -0.3 is 20.5 Å². The van der Waals surface area contributed by atoms with E-state index in [4.69, 9.17) is 0 Å². The van der Waals surface area contributed by atoms with Crippen LogP contribution in [0.4, 0.5) is 30.6 Å². The fourth-order valence-corrected chi connectivity index (χ4v) is 3.64. The van der Waals surface area contributed by atoms with Crippen molar-refractivity contribution in [1.82, 2.24) is 29.6 Å². The number of rotatable bonds is 7. The Balaban J connectivity index is 1.64. The SMILES string of the molecule is C=CC(=O)N1CCC(F)C(Nc2nc(Nc3cnn(CC(F)F)c3)nc3[nH]cc(C#N)c23)C1. The van der Waals surface area contributed by atoms with E-state index in [9.17, 15) is 23.2 Å². The van der Waals surface area contributed by atoms with Crippen LogP contribution in [0.15, 0.2) is 31.2 Å². The van der Waals surface area contributed by atoms with Gasteiger partial charge in [-0.1, -0.05) is 6.58 Å². The van der Waals surface area contributed by atoms with E-state index >= 15 is 0 Å². The molecule has 10 nitrogen and oxygen atoms in total. The topological polar surface area (TPSA) is 128 Å². The van der Waals surface area contributed by atoms with Crippen LogP contribution in [0.2, 0.25) is 0 Å². The first-order chi connectivity index (χ1) is 15.9. The number of carbonyl (C=O) groups is 1. The Hall–Kier alpha value is -4.08. The normalized spacial score (nSPS) is 18.3. The Morgan fingerprint density at radius 1 is 1.45 bits per heavy atom. The highest BCUT2D eigenvalue weighted by Crippen LogP contribution is 2.28. The summed E-state index contributed by atoms with van der Waals surface area (Å²) in [6.45, 7) is 3.27. The minimum atomic E-state index is -2.55. The second kappa shape index (κ2) is 9.19. The molecular formula is C20H20F3N9O. The molecule has 33 heavy (non-hydrogen) atoms. The molecule has 1 fully saturated rings. The van der Waals surface area contributed by atoms with Crippen LogP contribution in [-0.2, 0) is 11.3 Å². The van der Waals surface area contributed by atoms with Crippen molar-refractivity contribution < 1.29 is 18.0 Å². The molecule has 1 aliphatic heterocycles. The van der Waals surface area contributed by atoms with Gasteiger partial charge in [0.1, 0.15) is 30.3 Å². The standard InChI is InChI=1S/C20H20F3N9O/c1-2-16(33)31-4-3-13(21)14(9-31)28-19-17-11(5-24)6-25-18(17)29-20(30-19)27-12-7-26-32(8-12)10-15(22)23/h2,6-8,13-15H,1,3-4,9-10H2,(H3,25,27,28,29,30). The van der Waals surface area contributed by atoms with E-state index in [2.05, 4.69) is 37.3 Å². The number of nitrogens with one attached hydrogen (secondary N) is 3. The van der Waals surface area contributed by atoms with Crippen LogP contribution in [0.25, 0.3) is 11.0 Å². The fraction of sp³-hybridized carbons (Fsp3) is 0.350. The summed E-state index contributed by atoms with van der Waals surface area (Å²) in [7, 11) is 0. The smallest absolute Gasteiger partial charge is 0.257 e. The molecule has 172 valence electrons. The number of H-pyrrole nitrogens is 1. The zero-order chi connectivity index (χ0) is 23.5. The second-order valence-electron chi connectivity index (χ2n) is 7.44. The zero-order valence-electron chi connectivity index (χ0n) is 17.3. The predicted molar refractivity (Wildman–Crippen MR) is 114 cm³/mol. The van der Waals surface area contributed by atoms with Crippen molar-refractivity contribution in [2.24, 2.45) is 0 Å². The molecule has 0 saturated carbocycles. The van der Waals surface area contributed by atoms with E-state index in [1.165, 1.54) is 29.6 Å². The third-order valence-corrected chi connectivity index (χ3v) is 5.20. The van der Waals surface area contributed by atoms with Gasteiger partial charge in [-0.3, -0.25) is 9.48 Å². The number of carbonyl (C=O) groups excluding carboxylic acids is 1. The Morgan fingerprint density at radius 2 is 2.27 bits per heavy atom. The molecule has 3 aromatic rings. The van der Waals surface area contributed by atoms with E-state index in [1.807, 2.05) is 6.07 Å². The zero-order valence-corrected chi connectivity index (χ0v) is 17.3. The number of likely N-dealkylation sites (tertiary alicyclic amines) is 1. The number of anilines is 3. The Kier molecular flexibility index (Phi) is 6.16. The maximum Gasteiger partial charge on any atom is 0.257 e. The van der Waals surface area contributed by atoms with Crippen molar-refractivity contribution in [1.29, 1.82) is 5.26 Å². The minimum Gasteiger partial charge on any atom is -0.362 e. The van der Waals surface area contributed by atoms with Gasteiger partial charge in [-0.25, -0.2) is 13.2 Å². The molecule has 2 atom stereocenters. The monoisotopic (exact) mass is 459 g/mol. The Bertz CT molecular complexity index is 1220. The van der Waals surface area contributed by atoms with Crippen molar-refractivity contribution in [3.05, 3.63) is 36.8 Å². The number of nitrogens with zero attached hydrogens (tertiary/aromatic N) is 6. The van der Waals surface area contributed by atoms with Crippen molar-refractivity contribution >= 4 is 34.4 Å². The van der Waals surface area contributed by atoms with Crippen molar-refractivity contribution in [2.75, 3.05) is 23.7 Å². The van der Waals surface area contributed by atoms with Crippen LogP contribution >= 0.6 is 0 Å². The van der Waals surface area contributed by atoms with Crippen LogP contribution in [0.1, 0.15) is 12.0 Å². The number of piperidine rings is 1. The molecule has 3 N–H and O–H groups in total. The first-order valence-electron chi connectivity index (χ1n) is 10.1. The van der Waals surface area contributed by atoms with Crippen molar-refractivity contribution in [3.8, 4) is 6.07 Å². The van der Waals surface area contributed by atoms with Gasteiger partial charge in [0, 0.05) is 25.5 Å². The number of halogens is 3. The number of hydrogen-bond donors (Lipinski definition) is 3. The van der Waals surface area contributed by atoms with Crippen LogP contribution in [0.3, 0.4) is 0 Å². The van der Waals surface area contributed by atoms with Gasteiger partial charge in [-0.15, -0.1) is 0 Å². The molecule has 1 saturated heterocycles. The maximum absolute atomic E-state index is 14.7. The second-order valence-corrected chi connectivity index (χ2v) is 7.44. The molecule has 4 heterocycles. The number of aromatic amines is 1. The molecule has 1 amide bonds. The number of amides is 1. The number of aromatic nitrogens is 5. The third kappa shape index (κ3) is 4.74. The lowest BCUT2D eigenvalue weighted by Crippen LogP contribution is -2.50. The van der Waals surface area contributed by atoms with Gasteiger partial charge in [0.15, 0.2) is 0 Å². The summed E-state index contributed by atoms with van der Waals surface area (Å²) in [6.07, 6.45) is 1.68. The van der Waals surface area contributed by atoms with E-state index in [-0.39, 0.29) is 42.7 Å². The first-order valence-corrected chi connectivity index (χ1v) is 10.1. The molecular weight excluding hydrogens is 439 g/mol. The fourth-order valence-electron chi connectivity index (χ4n) is 3.64. The molecule has 0 spiro atoms. The summed E-state index contributed by atoms with van der Waals surface area (Å²) >= 11 is 0. The lowest BCUT2D eigenvalue weighted by molar-refractivity contribution is -0.127. The summed E-state index contributed by atoms with van der Waals surface area (Å²) in [6, 6.07) is 1.26. The van der Waals surface area contributed by atoms with E-state index in [0.29, 0.717) is 16.7 Å². The number of alkyl halides is 3. The van der Waals surface area contributed by atoms with Gasteiger partial charge in [0.25, 0.3) is 6.43 Å². The predicted octanol–water partition coefficient (Wildman–Crippen LogP) is 2.57. The number of nitriles is 1. The highest BCUT2D eigenvalue weighted by Gasteiger charge is 2.32. The maximum atomic E-state index is 14.7. The van der Waals surface area contributed by atoms with Crippen molar-refractivity contribution in [2.45, 2.75) is 31.6 Å². The summed E-state index contributed by atoms with van der Waals surface area (Å²) < 4.78 is 40.9. The molecule has 0 bridgehead atoms. The van der Waals surface area contributed by atoms with Gasteiger partial charge in [0.05, 0.1) is 28.9 Å². The largest absolute Gasteiger partial charge is 0.362 e. The van der Waals surface area contributed by atoms with Gasteiger partial charge in [-0.2, -0.15) is 20.3 Å². The molecule has 4 rings (SSSR count). The summed E-state index contributed by atoms with van der Waals surface area (Å²) in [5, 5.41) is 19.6. The highest BCUT2D eigenvalue weighted by atomic mass is 19.3. The van der Waals surface area contributed by atoms with E-state index in [1.54, 1.807) is 0 Å². The molecule has 13 heteroatoms. The lowest BCUT2D eigenvalue weighted by atomic mass is 10.0. The summed E-state index contributed by atoms with van der Waals surface area (Å²) in [5.74, 6) is -0.0249. The minimum absolute atomic E-state index is 0.0816. The molecule has 1 aliphatic rings. The molecule has 0 aromatic carbocycles. The third-order valence-electron chi connectivity index (χ3n) is 5.20. The number of fused-ring (bicyclic) bond motifs is 1. The first kappa shape index (κ1) is 22.1. The molecule has 3 aromatic heterocycles. The van der Waals surface area contributed by atoms with E-state index < -0.39 is 25.2 Å². The molecule has 0 aliphatic carbocycles. The van der Waals surface area contributed by atoms with Gasteiger partial charge >= 0.3 is 0 Å². The van der Waals surface area contributed by atoms with Gasteiger partial charge in [0.2, 0.25) is 11.9 Å². The average molecular weight is 459 g/mol. The summed E-state index contributed by atoms with van der Waals surface area (Å²) in [5.41, 5.74) is 0.947. The Labute approximate surface area is 186 Å². The average Bonchev–Trinajstić information content (AvgIpc) is 3.40. The van der Waals surface area contributed by atoms with Crippen LogP contribution in [0, 0.1) is 11.3 Å². The molecule has 0 radical (unpaired) electrons.